The van der Waals surface area contributed by atoms with Crippen molar-refractivity contribution in [3.05, 3.63) is 12.2 Å². The summed E-state index contributed by atoms with van der Waals surface area (Å²) in [4.78, 5) is 38.5. The van der Waals surface area contributed by atoms with E-state index >= 15 is 0 Å². The van der Waals surface area contributed by atoms with E-state index in [-0.39, 0.29) is 11.9 Å². The van der Waals surface area contributed by atoms with E-state index in [2.05, 4.69) is 5.32 Å². The summed E-state index contributed by atoms with van der Waals surface area (Å²) in [5, 5.41) is 2.63. The highest BCUT2D eigenvalue weighted by Crippen LogP contribution is 2.30. The highest BCUT2D eigenvalue weighted by molar-refractivity contribution is 5.90. The van der Waals surface area contributed by atoms with Crippen LogP contribution in [0.5, 0.6) is 0 Å². The van der Waals surface area contributed by atoms with Gasteiger partial charge in [-0.1, -0.05) is 12.2 Å². The van der Waals surface area contributed by atoms with E-state index in [1.807, 2.05) is 12.2 Å². The quantitative estimate of drug-likeness (QED) is 0.612. The van der Waals surface area contributed by atoms with E-state index in [1.165, 1.54) is 7.11 Å². The van der Waals surface area contributed by atoms with E-state index in [0.717, 1.165) is 6.42 Å². The predicted octanol–water partition coefficient (Wildman–Crippen LogP) is 1.76. The second-order valence-corrected chi connectivity index (χ2v) is 7.16. The van der Waals surface area contributed by atoms with Crippen LogP contribution < -0.4 is 5.32 Å². The van der Waals surface area contributed by atoms with E-state index in [4.69, 9.17) is 9.47 Å². The number of nitrogens with one attached hydrogen (secondary N) is 1. The van der Waals surface area contributed by atoms with Crippen LogP contribution in [0.15, 0.2) is 12.2 Å². The summed E-state index contributed by atoms with van der Waals surface area (Å²) in [5.74, 6) is -0.672. The second kappa shape index (κ2) is 7.23. The standard InChI is InChI=1S/C17H26N2O5/c1-17(2,3)24-16(22)18-12-8-6-5-7-11-9-10-13(15(21)23-4)19(11)14(12)20/h5-6,11-13H,7-10H2,1-4H3,(H,18,22)/b6-5-/t11-,12+,13+/m1/s1. The Morgan fingerprint density at radius 1 is 1.21 bits per heavy atom. The van der Waals surface area contributed by atoms with Gasteiger partial charge < -0.3 is 19.7 Å². The molecule has 134 valence electrons. The van der Waals surface area contributed by atoms with Crippen molar-refractivity contribution in [3.63, 3.8) is 0 Å². The molecule has 1 fully saturated rings. The average molecular weight is 338 g/mol. The van der Waals surface area contributed by atoms with Crippen molar-refractivity contribution in [2.45, 2.75) is 70.2 Å². The summed E-state index contributed by atoms with van der Waals surface area (Å²) < 4.78 is 10.1. The molecule has 0 aromatic rings. The Labute approximate surface area is 142 Å². The first kappa shape index (κ1) is 18.3. The highest BCUT2D eigenvalue weighted by atomic mass is 16.6. The molecular weight excluding hydrogens is 312 g/mol. The zero-order valence-corrected chi connectivity index (χ0v) is 14.7. The Morgan fingerprint density at radius 3 is 2.50 bits per heavy atom. The smallest absolute Gasteiger partial charge is 0.408 e. The molecule has 0 saturated carbocycles. The van der Waals surface area contributed by atoms with Crippen LogP contribution in [0, 0.1) is 0 Å². The van der Waals surface area contributed by atoms with Crippen molar-refractivity contribution >= 4 is 18.0 Å². The molecule has 2 heterocycles. The molecule has 0 radical (unpaired) electrons. The van der Waals surface area contributed by atoms with Gasteiger partial charge in [0.15, 0.2) is 0 Å². The van der Waals surface area contributed by atoms with Crippen LogP contribution in [0.2, 0.25) is 0 Å². The van der Waals surface area contributed by atoms with Crippen LogP contribution in [0.3, 0.4) is 0 Å². The van der Waals surface area contributed by atoms with E-state index in [1.54, 1.807) is 25.7 Å². The summed E-state index contributed by atoms with van der Waals surface area (Å²) in [5.41, 5.74) is -0.644. The fraction of sp³-hybridized carbons (Fsp3) is 0.706. The lowest BCUT2D eigenvalue weighted by Crippen LogP contribution is -2.55. The maximum absolute atomic E-state index is 12.9. The molecular formula is C17H26N2O5. The van der Waals surface area contributed by atoms with Crippen molar-refractivity contribution in [1.29, 1.82) is 0 Å². The zero-order chi connectivity index (χ0) is 17.9. The van der Waals surface area contributed by atoms with Gasteiger partial charge in [-0.05, 0) is 46.5 Å². The predicted molar refractivity (Wildman–Crippen MR) is 87.2 cm³/mol. The normalized spacial score (nSPS) is 28.4. The summed E-state index contributed by atoms with van der Waals surface area (Å²) >= 11 is 0. The average Bonchev–Trinajstić information content (AvgIpc) is 2.88. The molecule has 7 nitrogen and oxygen atoms in total. The minimum atomic E-state index is -0.746. The van der Waals surface area contributed by atoms with Gasteiger partial charge >= 0.3 is 12.1 Å². The largest absolute Gasteiger partial charge is 0.467 e. The molecule has 24 heavy (non-hydrogen) atoms. The van der Waals surface area contributed by atoms with Gasteiger partial charge in [0.2, 0.25) is 5.91 Å². The maximum atomic E-state index is 12.9. The van der Waals surface area contributed by atoms with Crippen LogP contribution in [0.1, 0.15) is 46.5 Å². The summed E-state index contributed by atoms with van der Waals surface area (Å²) in [6.07, 6.45) is 5.65. The molecule has 2 aliphatic heterocycles. The third-order valence-corrected chi connectivity index (χ3v) is 4.17. The first-order valence-electron chi connectivity index (χ1n) is 8.27. The van der Waals surface area contributed by atoms with E-state index in [9.17, 15) is 14.4 Å². The molecule has 0 unspecified atom stereocenters. The third-order valence-electron chi connectivity index (χ3n) is 4.17. The van der Waals surface area contributed by atoms with Crippen LogP contribution in [-0.4, -0.2) is 53.7 Å². The maximum Gasteiger partial charge on any atom is 0.408 e. The number of methoxy groups -OCH3 is 1. The Kier molecular flexibility index (Phi) is 5.51. The van der Waals surface area contributed by atoms with Gasteiger partial charge in [-0.25, -0.2) is 9.59 Å². The summed E-state index contributed by atoms with van der Waals surface area (Å²) in [6.45, 7) is 5.28. The van der Waals surface area contributed by atoms with Crippen molar-refractivity contribution in [3.8, 4) is 0 Å². The number of carbonyl (C=O) groups excluding carboxylic acids is 3. The van der Waals surface area contributed by atoms with Crippen LogP contribution >= 0.6 is 0 Å². The Bertz CT molecular complexity index is 538. The lowest BCUT2D eigenvalue weighted by Gasteiger charge is -2.33. The van der Waals surface area contributed by atoms with Gasteiger partial charge in [-0.3, -0.25) is 4.79 Å². The molecule has 2 rings (SSSR count). The Morgan fingerprint density at radius 2 is 1.88 bits per heavy atom. The number of alkyl carbamates (subject to hydrolysis) is 1. The molecule has 0 aromatic carbocycles. The van der Waals surface area contributed by atoms with Crippen LogP contribution in [0.4, 0.5) is 4.79 Å². The number of hydrogen-bond acceptors (Lipinski definition) is 5. The molecule has 0 spiro atoms. The van der Waals surface area contributed by atoms with E-state index in [0.29, 0.717) is 19.3 Å². The number of fused-ring (bicyclic) bond motifs is 1. The Hall–Kier alpha value is -2.05. The zero-order valence-electron chi connectivity index (χ0n) is 14.7. The van der Waals surface area contributed by atoms with Gasteiger partial charge in [0.1, 0.15) is 17.7 Å². The third kappa shape index (κ3) is 4.27. The van der Waals surface area contributed by atoms with Crippen molar-refractivity contribution in [2.75, 3.05) is 7.11 Å². The van der Waals surface area contributed by atoms with Crippen molar-refractivity contribution in [1.82, 2.24) is 10.2 Å². The van der Waals surface area contributed by atoms with Crippen LogP contribution in [0.25, 0.3) is 0 Å². The number of amides is 2. The minimum absolute atomic E-state index is 0.0407. The summed E-state index contributed by atoms with van der Waals surface area (Å²) in [6, 6.07) is -1.37. The lowest BCUT2D eigenvalue weighted by molar-refractivity contribution is -0.153. The summed E-state index contributed by atoms with van der Waals surface area (Å²) in [7, 11) is 1.32. The number of ether oxygens (including phenoxy) is 2. The number of hydrogen-bond donors (Lipinski definition) is 1. The molecule has 3 atom stereocenters. The Balaban J connectivity index is 2.15. The first-order chi connectivity index (χ1) is 11.2. The van der Waals surface area contributed by atoms with Gasteiger partial charge in [0, 0.05) is 6.04 Å². The fourth-order valence-corrected chi connectivity index (χ4v) is 3.15. The molecule has 1 saturated heterocycles. The van der Waals surface area contributed by atoms with Gasteiger partial charge in [-0.2, -0.15) is 0 Å². The number of carbonyl (C=O) groups is 3. The number of nitrogens with zero attached hydrogens (tertiary/aromatic N) is 1. The van der Waals surface area contributed by atoms with Gasteiger partial charge in [0.05, 0.1) is 7.11 Å². The molecule has 2 aliphatic rings. The van der Waals surface area contributed by atoms with Crippen molar-refractivity contribution in [2.24, 2.45) is 0 Å². The topological polar surface area (TPSA) is 84.9 Å². The molecule has 0 aromatic heterocycles. The van der Waals surface area contributed by atoms with Crippen molar-refractivity contribution < 1.29 is 23.9 Å². The van der Waals surface area contributed by atoms with Crippen LogP contribution in [-0.2, 0) is 19.1 Å². The van der Waals surface area contributed by atoms with E-state index < -0.39 is 29.7 Å². The highest BCUT2D eigenvalue weighted by Gasteiger charge is 2.44. The number of esters is 1. The fourth-order valence-electron chi connectivity index (χ4n) is 3.15. The van der Waals surface area contributed by atoms with Gasteiger partial charge in [0.25, 0.3) is 0 Å². The first-order valence-corrected chi connectivity index (χ1v) is 8.27. The monoisotopic (exact) mass is 338 g/mol. The second-order valence-electron chi connectivity index (χ2n) is 7.16. The number of rotatable bonds is 2. The lowest BCUT2D eigenvalue weighted by atomic mass is 10.0. The van der Waals surface area contributed by atoms with Gasteiger partial charge in [-0.15, -0.1) is 0 Å². The SMILES string of the molecule is COC(=O)[C@@H]1CC[C@H]2C/C=C\C[C@H](NC(=O)OC(C)(C)C)C(=O)N21. The molecule has 1 N–H and O–H groups in total. The molecule has 7 heteroatoms. The molecule has 0 bridgehead atoms. The molecule has 0 aliphatic carbocycles. The minimum Gasteiger partial charge on any atom is -0.467 e. The molecule has 2 amide bonds.